The molecule has 0 aliphatic rings. The number of hydrogen-bond donors (Lipinski definition) is 1. The molecule has 0 unspecified atom stereocenters. The summed E-state index contributed by atoms with van der Waals surface area (Å²) in [6.07, 6.45) is 1.18. The molecule has 0 fully saturated rings. The lowest BCUT2D eigenvalue weighted by Gasteiger charge is -2.32. The minimum atomic E-state index is -0.702. The molecule has 202 valence electrons. The predicted molar refractivity (Wildman–Crippen MR) is 158 cm³/mol. The number of hydrogen-bond acceptors (Lipinski definition) is 4. The van der Waals surface area contributed by atoms with E-state index in [1.807, 2.05) is 74.5 Å². The van der Waals surface area contributed by atoms with Gasteiger partial charge in [-0.2, -0.15) is 0 Å². The van der Waals surface area contributed by atoms with Gasteiger partial charge in [0.15, 0.2) is 0 Å². The Labute approximate surface area is 239 Å². The minimum absolute atomic E-state index is 0.0127. The molecule has 1 N–H and O–H groups in total. The van der Waals surface area contributed by atoms with Crippen molar-refractivity contribution in [3.8, 4) is 5.75 Å². The standard InChI is InChI=1S/C30H34Cl2N2O3S/c1-4-21(2)33-30(36)28(16-22-8-6-5-7-9-22)34(18-24-12-13-25(31)17-27(24)32)29(35)20-38-19-23-10-14-26(37-3)15-11-23/h5-15,17,21,28H,4,16,18-20H2,1-3H3,(H,33,36)/t21-,28+/m0/s1. The Morgan fingerprint density at radius 1 is 1.00 bits per heavy atom. The van der Waals surface area contributed by atoms with Crippen LogP contribution >= 0.6 is 35.0 Å². The summed E-state index contributed by atoms with van der Waals surface area (Å²) in [7, 11) is 1.63. The highest BCUT2D eigenvalue weighted by Crippen LogP contribution is 2.25. The van der Waals surface area contributed by atoms with Gasteiger partial charge in [0.1, 0.15) is 11.8 Å². The van der Waals surface area contributed by atoms with E-state index in [1.165, 1.54) is 11.8 Å². The first kappa shape index (κ1) is 29.9. The van der Waals surface area contributed by atoms with Crippen molar-refractivity contribution in [2.45, 2.75) is 51.1 Å². The van der Waals surface area contributed by atoms with E-state index in [9.17, 15) is 9.59 Å². The van der Waals surface area contributed by atoms with Crippen LogP contribution in [0.3, 0.4) is 0 Å². The van der Waals surface area contributed by atoms with E-state index in [4.69, 9.17) is 27.9 Å². The zero-order chi connectivity index (χ0) is 27.5. The summed E-state index contributed by atoms with van der Waals surface area (Å²) in [6, 6.07) is 22.0. The lowest BCUT2D eigenvalue weighted by molar-refractivity contribution is -0.139. The molecule has 0 aromatic heterocycles. The van der Waals surface area contributed by atoms with Crippen LogP contribution in [0.2, 0.25) is 10.0 Å². The van der Waals surface area contributed by atoms with Crippen LogP contribution in [0.4, 0.5) is 0 Å². The molecule has 0 aliphatic carbocycles. The van der Waals surface area contributed by atoms with E-state index >= 15 is 0 Å². The largest absolute Gasteiger partial charge is 0.497 e. The maximum absolute atomic E-state index is 13.7. The zero-order valence-electron chi connectivity index (χ0n) is 22.0. The fourth-order valence-corrected chi connectivity index (χ4v) is 5.23. The summed E-state index contributed by atoms with van der Waals surface area (Å²) in [6.45, 7) is 4.18. The van der Waals surface area contributed by atoms with Crippen molar-refractivity contribution in [1.29, 1.82) is 0 Å². The molecule has 0 saturated heterocycles. The summed E-state index contributed by atoms with van der Waals surface area (Å²) >= 11 is 14.1. The Hall–Kier alpha value is -2.67. The molecule has 2 amide bonds. The first-order valence-electron chi connectivity index (χ1n) is 12.6. The Morgan fingerprint density at radius 2 is 1.71 bits per heavy atom. The molecule has 38 heavy (non-hydrogen) atoms. The monoisotopic (exact) mass is 572 g/mol. The maximum atomic E-state index is 13.7. The predicted octanol–water partition coefficient (Wildman–Crippen LogP) is 6.79. The van der Waals surface area contributed by atoms with Gasteiger partial charge in [-0.15, -0.1) is 11.8 Å². The van der Waals surface area contributed by atoms with E-state index in [-0.39, 0.29) is 30.2 Å². The Morgan fingerprint density at radius 3 is 2.34 bits per heavy atom. The molecule has 3 aromatic carbocycles. The normalized spacial score (nSPS) is 12.4. The van der Waals surface area contributed by atoms with E-state index in [2.05, 4.69) is 5.32 Å². The van der Waals surface area contributed by atoms with E-state index < -0.39 is 6.04 Å². The maximum Gasteiger partial charge on any atom is 0.243 e. The molecule has 0 aliphatic heterocycles. The Bertz CT molecular complexity index is 1190. The van der Waals surface area contributed by atoms with Gasteiger partial charge < -0.3 is 15.0 Å². The molecule has 0 saturated carbocycles. The lowest BCUT2D eigenvalue weighted by Crippen LogP contribution is -2.52. The number of carbonyl (C=O) groups is 2. The van der Waals surface area contributed by atoms with Crippen molar-refractivity contribution in [2.75, 3.05) is 12.9 Å². The fourth-order valence-electron chi connectivity index (χ4n) is 3.89. The van der Waals surface area contributed by atoms with Crippen molar-refractivity contribution < 1.29 is 14.3 Å². The third-order valence-corrected chi connectivity index (χ3v) is 7.86. The Kier molecular flexibility index (Phi) is 11.8. The number of thioether (sulfide) groups is 1. The third kappa shape index (κ3) is 8.97. The number of methoxy groups -OCH3 is 1. The van der Waals surface area contributed by atoms with Crippen LogP contribution in [0, 0.1) is 0 Å². The van der Waals surface area contributed by atoms with Crippen LogP contribution in [0.5, 0.6) is 5.75 Å². The van der Waals surface area contributed by atoms with Gasteiger partial charge in [-0.05, 0) is 54.3 Å². The van der Waals surface area contributed by atoms with Crippen molar-refractivity contribution in [1.82, 2.24) is 10.2 Å². The van der Waals surface area contributed by atoms with E-state index in [0.717, 1.165) is 28.9 Å². The molecule has 0 bridgehead atoms. The zero-order valence-corrected chi connectivity index (χ0v) is 24.3. The summed E-state index contributed by atoms with van der Waals surface area (Å²) in [5, 5.41) is 4.06. The van der Waals surface area contributed by atoms with E-state index in [1.54, 1.807) is 24.1 Å². The average Bonchev–Trinajstić information content (AvgIpc) is 2.92. The van der Waals surface area contributed by atoms with Gasteiger partial charge in [0, 0.05) is 34.8 Å². The quantitative estimate of drug-likeness (QED) is 0.245. The molecule has 5 nitrogen and oxygen atoms in total. The van der Waals surface area contributed by atoms with Crippen LogP contribution < -0.4 is 10.1 Å². The molecule has 2 atom stereocenters. The topological polar surface area (TPSA) is 58.6 Å². The Balaban J connectivity index is 1.86. The molecular formula is C30H34Cl2N2O3S. The van der Waals surface area contributed by atoms with Crippen molar-refractivity contribution >= 4 is 46.8 Å². The third-order valence-electron chi connectivity index (χ3n) is 6.28. The summed E-state index contributed by atoms with van der Waals surface area (Å²) < 4.78 is 5.23. The molecule has 0 heterocycles. The smallest absolute Gasteiger partial charge is 0.243 e. The highest BCUT2D eigenvalue weighted by atomic mass is 35.5. The summed E-state index contributed by atoms with van der Waals surface area (Å²) in [5.41, 5.74) is 2.80. The minimum Gasteiger partial charge on any atom is -0.497 e. The van der Waals surface area contributed by atoms with Crippen molar-refractivity contribution in [2.24, 2.45) is 0 Å². The van der Waals surface area contributed by atoms with Crippen LogP contribution in [-0.4, -0.2) is 41.7 Å². The van der Waals surface area contributed by atoms with Gasteiger partial charge in [0.2, 0.25) is 11.8 Å². The second-order valence-electron chi connectivity index (χ2n) is 9.12. The van der Waals surface area contributed by atoms with Gasteiger partial charge >= 0.3 is 0 Å². The number of benzene rings is 3. The molecule has 0 radical (unpaired) electrons. The first-order chi connectivity index (χ1) is 18.3. The second kappa shape index (κ2) is 15.1. The molecule has 3 aromatic rings. The van der Waals surface area contributed by atoms with Crippen LogP contribution in [0.25, 0.3) is 0 Å². The van der Waals surface area contributed by atoms with Crippen molar-refractivity contribution in [3.63, 3.8) is 0 Å². The first-order valence-corrected chi connectivity index (χ1v) is 14.5. The number of halogens is 2. The van der Waals surface area contributed by atoms with Crippen LogP contribution in [-0.2, 0) is 28.3 Å². The fraction of sp³-hybridized carbons (Fsp3) is 0.333. The molecule has 0 spiro atoms. The molecule has 3 rings (SSSR count). The number of amides is 2. The lowest BCUT2D eigenvalue weighted by atomic mass is 10.0. The van der Waals surface area contributed by atoms with Gasteiger partial charge in [-0.3, -0.25) is 9.59 Å². The highest BCUT2D eigenvalue weighted by Gasteiger charge is 2.31. The number of ether oxygens (including phenoxy) is 1. The van der Waals surface area contributed by atoms with Crippen molar-refractivity contribution in [3.05, 3.63) is 99.5 Å². The highest BCUT2D eigenvalue weighted by molar-refractivity contribution is 7.99. The number of rotatable bonds is 13. The van der Waals surface area contributed by atoms with Crippen LogP contribution in [0.1, 0.15) is 37.0 Å². The summed E-state index contributed by atoms with van der Waals surface area (Å²) in [5.74, 6) is 1.36. The number of nitrogens with zero attached hydrogens (tertiary/aromatic N) is 1. The summed E-state index contributed by atoms with van der Waals surface area (Å²) in [4.78, 5) is 29.0. The average molecular weight is 574 g/mol. The van der Waals surface area contributed by atoms with E-state index in [0.29, 0.717) is 22.2 Å². The van der Waals surface area contributed by atoms with Gasteiger partial charge in [-0.1, -0.05) is 78.7 Å². The molecule has 8 heteroatoms. The van der Waals surface area contributed by atoms with Crippen LogP contribution in [0.15, 0.2) is 72.8 Å². The molecular weight excluding hydrogens is 539 g/mol. The van der Waals surface area contributed by atoms with Gasteiger partial charge in [-0.25, -0.2) is 0 Å². The van der Waals surface area contributed by atoms with Gasteiger partial charge in [0.25, 0.3) is 0 Å². The second-order valence-corrected chi connectivity index (χ2v) is 11.0. The van der Waals surface area contributed by atoms with Gasteiger partial charge in [0.05, 0.1) is 12.9 Å². The number of carbonyl (C=O) groups excluding carboxylic acids is 2. The number of nitrogens with one attached hydrogen (secondary N) is 1. The SMILES string of the molecule is CC[C@H](C)NC(=O)[C@@H](Cc1ccccc1)N(Cc1ccc(Cl)cc1Cl)C(=O)CSCc1ccc(OC)cc1.